The van der Waals surface area contributed by atoms with Crippen LogP contribution in [-0.2, 0) is 14.3 Å². The Morgan fingerprint density at radius 1 is 1.08 bits per heavy atom. The third kappa shape index (κ3) is 4.34. The Bertz CT molecular complexity index is 554. The Morgan fingerprint density at radius 2 is 1.69 bits per heavy atom. The Balaban J connectivity index is 2.05. The van der Waals surface area contributed by atoms with Crippen molar-refractivity contribution in [1.82, 2.24) is 5.32 Å². The number of likely N-dealkylation sites (tertiary alicyclic amines) is 1. The van der Waals surface area contributed by atoms with Crippen LogP contribution in [0.15, 0.2) is 0 Å². The van der Waals surface area contributed by atoms with Gasteiger partial charge in [0.05, 0.1) is 13.0 Å². The van der Waals surface area contributed by atoms with Gasteiger partial charge in [-0.2, -0.15) is 9.18 Å². The number of rotatable bonds is 2. The zero-order valence-electron chi connectivity index (χ0n) is 16.0. The lowest BCUT2D eigenvalue weighted by Gasteiger charge is -2.34. The van der Waals surface area contributed by atoms with Crippen molar-refractivity contribution in [1.29, 1.82) is 0 Å². The lowest BCUT2D eigenvalue weighted by molar-refractivity contribution is -0.808. The summed E-state index contributed by atoms with van der Waals surface area (Å²) in [6.45, 7) is 5.17. The van der Waals surface area contributed by atoms with Gasteiger partial charge >= 0.3 is 18.1 Å². The van der Waals surface area contributed by atoms with E-state index in [9.17, 15) is 18.8 Å². The first-order valence-electron chi connectivity index (χ1n) is 9.24. The monoisotopic (exact) mass is 373 g/mol. The summed E-state index contributed by atoms with van der Waals surface area (Å²) in [7, 11) is 1.36. The van der Waals surface area contributed by atoms with Gasteiger partial charge in [0.15, 0.2) is 0 Å². The minimum Gasteiger partial charge on any atom is -0.469 e. The minimum absolute atomic E-state index is 0.0966. The maximum atomic E-state index is 14.6. The lowest BCUT2D eigenvalue weighted by atomic mass is 9.86. The maximum absolute atomic E-state index is 14.6. The summed E-state index contributed by atoms with van der Waals surface area (Å²) in [5.74, 6) is -0.404. The third-order valence-corrected chi connectivity index (χ3v) is 5.10. The molecule has 2 unspecified atom stereocenters. The third-order valence-electron chi connectivity index (χ3n) is 5.10. The van der Waals surface area contributed by atoms with E-state index in [4.69, 9.17) is 9.47 Å². The molecule has 2 atom stereocenters. The van der Waals surface area contributed by atoms with E-state index >= 15 is 0 Å². The lowest BCUT2D eigenvalue weighted by Crippen LogP contribution is -2.64. The highest BCUT2D eigenvalue weighted by molar-refractivity contribution is 5.80. The summed E-state index contributed by atoms with van der Waals surface area (Å²) in [6.07, 6.45) is 0.546. The van der Waals surface area contributed by atoms with Crippen molar-refractivity contribution in [2.75, 3.05) is 13.7 Å². The van der Waals surface area contributed by atoms with Crippen molar-refractivity contribution in [2.24, 2.45) is 5.92 Å². The number of hydrogen-bond donors (Lipinski definition) is 1. The van der Waals surface area contributed by atoms with Crippen LogP contribution in [-0.4, -0.2) is 54.2 Å². The number of nitrogens with one attached hydrogen (secondary N) is 1. The normalized spacial score (nSPS) is 32.0. The van der Waals surface area contributed by atoms with Gasteiger partial charge in [-0.05, 0) is 46.5 Å². The van der Waals surface area contributed by atoms with Crippen molar-refractivity contribution >= 4 is 18.1 Å². The van der Waals surface area contributed by atoms with Gasteiger partial charge in [0.1, 0.15) is 12.1 Å². The predicted octanol–water partition coefficient (Wildman–Crippen LogP) is 3.27. The first kappa shape index (κ1) is 20.6. The van der Waals surface area contributed by atoms with E-state index in [1.165, 1.54) is 7.11 Å². The van der Waals surface area contributed by atoms with Crippen LogP contribution in [0.25, 0.3) is 0 Å². The minimum atomic E-state index is -1.60. The van der Waals surface area contributed by atoms with Crippen LogP contribution in [0.3, 0.4) is 0 Å². The molecule has 26 heavy (non-hydrogen) atoms. The molecule has 2 fully saturated rings. The highest BCUT2D eigenvalue weighted by Gasteiger charge is 2.58. The highest BCUT2D eigenvalue weighted by atomic mass is 19.1. The molecule has 2 rings (SSSR count). The highest BCUT2D eigenvalue weighted by Crippen LogP contribution is 2.32. The molecule has 0 aromatic heterocycles. The second-order valence-electron chi connectivity index (χ2n) is 8.17. The van der Waals surface area contributed by atoms with Gasteiger partial charge in [-0.3, -0.25) is 4.79 Å². The summed E-state index contributed by atoms with van der Waals surface area (Å²) >= 11 is 0. The molecule has 7 nitrogen and oxygen atoms in total. The van der Waals surface area contributed by atoms with E-state index in [2.05, 4.69) is 5.32 Å². The molecule has 1 aliphatic heterocycles. The summed E-state index contributed by atoms with van der Waals surface area (Å²) in [6, 6.07) is -0.834. The number of alkyl halides is 1. The van der Waals surface area contributed by atoms with E-state index in [0.717, 1.165) is 0 Å². The standard InChI is InChI=1S/C18H29FN2O5/c1-18(2,3)26-17(24)21(11-5-6-14(21)19)16(23)20-13-9-7-12(8-10-13)15(22)25-4/h12-14H,5-11H2,1-4H3/p+1. The second kappa shape index (κ2) is 7.90. The van der Waals surface area contributed by atoms with Crippen molar-refractivity contribution < 1.29 is 32.7 Å². The second-order valence-corrected chi connectivity index (χ2v) is 8.17. The fourth-order valence-corrected chi connectivity index (χ4v) is 3.66. The summed E-state index contributed by atoms with van der Waals surface area (Å²) in [5.41, 5.74) is -0.802. The molecular weight excluding hydrogens is 343 g/mol. The van der Waals surface area contributed by atoms with E-state index in [1.54, 1.807) is 20.8 Å². The van der Waals surface area contributed by atoms with Gasteiger partial charge in [-0.15, -0.1) is 4.48 Å². The molecule has 1 saturated carbocycles. The first-order chi connectivity index (χ1) is 12.1. The van der Waals surface area contributed by atoms with Gasteiger partial charge in [-0.25, -0.2) is 4.79 Å². The number of methoxy groups -OCH3 is 1. The molecule has 1 aliphatic carbocycles. The van der Waals surface area contributed by atoms with Crippen LogP contribution in [0, 0.1) is 5.92 Å². The molecule has 0 aromatic carbocycles. The quantitative estimate of drug-likeness (QED) is 0.456. The first-order valence-corrected chi connectivity index (χ1v) is 9.24. The SMILES string of the molecule is COC(=O)C1CCC(NC(=O)[N+]2(C(=O)OC(C)(C)C)CCCC2F)CC1. The van der Waals surface area contributed by atoms with Crippen molar-refractivity contribution in [2.45, 2.75) is 77.2 Å². The number of amides is 3. The van der Waals surface area contributed by atoms with Gasteiger partial charge in [-0.1, -0.05) is 0 Å². The average molecular weight is 373 g/mol. The zero-order chi connectivity index (χ0) is 19.5. The van der Waals surface area contributed by atoms with Crippen molar-refractivity contribution in [3.8, 4) is 0 Å². The zero-order valence-corrected chi connectivity index (χ0v) is 16.0. The average Bonchev–Trinajstić information content (AvgIpc) is 2.96. The molecule has 1 N–H and O–H groups in total. The smallest absolute Gasteiger partial charge is 0.469 e. The summed E-state index contributed by atoms with van der Waals surface area (Å²) in [5, 5.41) is 2.82. The van der Waals surface area contributed by atoms with Crippen LogP contribution < -0.4 is 5.32 Å². The molecule has 0 radical (unpaired) electrons. The number of carbonyl (C=O) groups is 3. The van der Waals surface area contributed by atoms with Crippen molar-refractivity contribution in [3.63, 3.8) is 0 Å². The molecular formula is C18H30FN2O5+. The van der Waals surface area contributed by atoms with Gasteiger partial charge in [0, 0.05) is 18.9 Å². The number of quaternary nitrogens is 1. The van der Waals surface area contributed by atoms with E-state index in [0.29, 0.717) is 32.1 Å². The van der Waals surface area contributed by atoms with Gasteiger partial charge < -0.3 is 14.8 Å². The number of imide groups is 1. The number of esters is 1. The van der Waals surface area contributed by atoms with Gasteiger partial charge in [0.2, 0.25) is 0 Å². The molecule has 0 bridgehead atoms. The van der Waals surface area contributed by atoms with E-state index < -0.39 is 28.5 Å². The van der Waals surface area contributed by atoms with E-state index in [-0.39, 0.29) is 30.9 Å². The molecule has 3 amide bonds. The number of nitrogens with zero attached hydrogens (tertiary/aromatic N) is 1. The molecule has 148 valence electrons. The number of hydrogen-bond acceptors (Lipinski definition) is 5. The van der Waals surface area contributed by atoms with Gasteiger partial charge in [0.25, 0.3) is 6.30 Å². The van der Waals surface area contributed by atoms with Crippen LogP contribution in [0.2, 0.25) is 0 Å². The maximum Gasteiger partial charge on any atom is 0.528 e. The fourth-order valence-electron chi connectivity index (χ4n) is 3.66. The molecule has 0 aromatic rings. The van der Waals surface area contributed by atoms with Crippen LogP contribution >= 0.6 is 0 Å². The number of urea groups is 1. The van der Waals surface area contributed by atoms with Crippen LogP contribution in [0.1, 0.15) is 59.3 Å². The summed E-state index contributed by atoms with van der Waals surface area (Å²) in [4.78, 5) is 37.1. The summed E-state index contributed by atoms with van der Waals surface area (Å²) < 4.78 is 23.8. The molecule has 1 saturated heterocycles. The Kier molecular flexibility index (Phi) is 6.26. The molecule has 2 aliphatic rings. The fraction of sp³-hybridized carbons (Fsp3) is 0.833. The molecule has 1 heterocycles. The van der Waals surface area contributed by atoms with Crippen molar-refractivity contribution in [3.05, 3.63) is 0 Å². The van der Waals surface area contributed by atoms with Crippen LogP contribution in [0.5, 0.6) is 0 Å². The Labute approximate surface area is 153 Å². The number of halogens is 1. The number of carbonyl (C=O) groups excluding carboxylic acids is 3. The topological polar surface area (TPSA) is 81.7 Å². The predicted molar refractivity (Wildman–Crippen MR) is 91.8 cm³/mol. The van der Waals surface area contributed by atoms with Crippen LogP contribution in [0.4, 0.5) is 14.0 Å². The van der Waals surface area contributed by atoms with E-state index in [1.807, 2.05) is 0 Å². The largest absolute Gasteiger partial charge is 0.528 e. The Hall–Kier alpha value is -1.70. The number of ether oxygens (including phenoxy) is 2. The molecule has 0 spiro atoms. The Morgan fingerprint density at radius 3 is 2.15 bits per heavy atom. The molecule has 8 heteroatoms.